The maximum Gasteiger partial charge on any atom is 0.134 e. The van der Waals surface area contributed by atoms with Crippen molar-refractivity contribution in [3.8, 4) is 0 Å². The highest BCUT2D eigenvalue weighted by atomic mass is 19.1. The Balaban J connectivity index is 3.00. The minimum absolute atomic E-state index is 0.00880. The fourth-order valence-corrected chi connectivity index (χ4v) is 1.25. The number of nitrogens with zero attached hydrogens (tertiary/aromatic N) is 1. The van der Waals surface area contributed by atoms with E-state index in [1.165, 1.54) is 12.3 Å². The topological polar surface area (TPSA) is 38.9 Å². The second-order valence-corrected chi connectivity index (χ2v) is 2.65. The SMILES string of the molecule is Nc1nccc2c(F)ccc(F)c12. The van der Waals surface area contributed by atoms with Crippen molar-refractivity contribution in [1.29, 1.82) is 0 Å². The molecule has 2 N–H and O–H groups in total. The van der Waals surface area contributed by atoms with E-state index in [0.717, 1.165) is 12.1 Å². The number of pyridine rings is 1. The summed E-state index contributed by atoms with van der Waals surface area (Å²) in [6, 6.07) is 3.50. The van der Waals surface area contributed by atoms with Crippen molar-refractivity contribution in [2.75, 3.05) is 5.73 Å². The van der Waals surface area contributed by atoms with Crippen LogP contribution in [-0.4, -0.2) is 4.98 Å². The maximum absolute atomic E-state index is 13.1. The third-order valence-electron chi connectivity index (χ3n) is 1.85. The lowest BCUT2D eigenvalue weighted by Gasteiger charge is -2.02. The minimum atomic E-state index is -0.554. The standard InChI is InChI=1S/C9H6F2N2/c10-6-1-2-7(11)8-5(6)3-4-13-9(8)12/h1-4H,(H2,12,13). The molecule has 0 unspecified atom stereocenters. The highest BCUT2D eigenvalue weighted by Gasteiger charge is 2.08. The maximum atomic E-state index is 13.1. The largest absolute Gasteiger partial charge is 0.383 e. The zero-order valence-corrected chi connectivity index (χ0v) is 6.59. The summed E-state index contributed by atoms with van der Waals surface area (Å²) >= 11 is 0. The summed E-state index contributed by atoms with van der Waals surface area (Å²) in [5.41, 5.74) is 5.41. The quantitative estimate of drug-likeness (QED) is 0.674. The second-order valence-electron chi connectivity index (χ2n) is 2.65. The second kappa shape index (κ2) is 2.65. The zero-order valence-electron chi connectivity index (χ0n) is 6.59. The molecule has 1 aromatic carbocycles. The molecule has 0 saturated carbocycles. The first-order chi connectivity index (χ1) is 6.20. The van der Waals surface area contributed by atoms with Crippen LogP contribution in [0.2, 0.25) is 0 Å². The van der Waals surface area contributed by atoms with E-state index >= 15 is 0 Å². The van der Waals surface area contributed by atoms with Gasteiger partial charge in [0.1, 0.15) is 17.5 Å². The lowest BCUT2D eigenvalue weighted by atomic mass is 10.1. The highest BCUT2D eigenvalue weighted by Crippen LogP contribution is 2.24. The van der Waals surface area contributed by atoms with Gasteiger partial charge in [-0.1, -0.05) is 0 Å². The fraction of sp³-hybridized carbons (Fsp3) is 0. The summed E-state index contributed by atoms with van der Waals surface area (Å²) in [5.74, 6) is -1.04. The van der Waals surface area contributed by atoms with Crippen LogP contribution in [0, 0.1) is 11.6 Å². The van der Waals surface area contributed by atoms with E-state index in [2.05, 4.69) is 4.98 Å². The number of rotatable bonds is 0. The van der Waals surface area contributed by atoms with Gasteiger partial charge in [0, 0.05) is 11.6 Å². The molecule has 13 heavy (non-hydrogen) atoms. The summed E-state index contributed by atoms with van der Waals surface area (Å²) < 4.78 is 26.2. The monoisotopic (exact) mass is 180 g/mol. The summed E-state index contributed by atoms with van der Waals surface area (Å²) in [6.07, 6.45) is 1.35. The Morgan fingerprint density at radius 3 is 2.46 bits per heavy atom. The Morgan fingerprint density at radius 2 is 1.77 bits per heavy atom. The molecular formula is C9H6F2N2. The predicted molar refractivity (Wildman–Crippen MR) is 46.1 cm³/mol. The Kier molecular flexibility index (Phi) is 1.62. The number of benzene rings is 1. The van der Waals surface area contributed by atoms with Gasteiger partial charge in [-0.25, -0.2) is 13.8 Å². The van der Waals surface area contributed by atoms with Gasteiger partial charge < -0.3 is 5.73 Å². The molecule has 0 radical (unpaired) electrons. The number of nitrogens with two attached hydrogens (primary N) is 1. The summed E-state index contributed by atoms with van der Waals surface area (Å²) in [6.45, 7) is 0. The molecule has 4 heteroatoms. The van der Waals surface area contributed by atoms with Crippen molar-refractivity contribution in [1.82, 2.24) is 4.98 Å². The smallest absolute Gasteiger partial charge is 0.134 e. The van der Waals surface area contributed by atoms with Gasteiger partial charge in [-0.3, -0.25) is 0 Å². The number of nitrogen functional groups attached to an aromatic ring is 1. The summed E-state index contributed by atoms with van der Waals surface area (Å²) in [7, 11) is 0. The first-order valence-corrected chi connectivity index (χ1v) is 3.68. The lowest BCUT2D eigenvalue weighted by molar-refractivity contribution is 0.617. The number of halogens is 2. The van der Waals surface area contributed by atoms with E-state index < -0.39 is 11.6 Å². The molecule has 0 atom stereocenters. The van der Waals surface area contributed by atoms with E-state index in [0.29, 0.717) is 0 Å². The van der Waals surface area contributed by atoms with E-state index in [9.17, 15) is 8.78 Å². The van der Waals surface area contributed by atoms with Gasteiger partial charge in [-0.2, -0.15) is 0 Å². The summed E-state index contributed by atoms with van der Waals surface area (Å²) in [4.78, 5) is 3.68. The molecule has 2 nitrogen and oxygen atoms in total. The van der Waals surface area contributed by atoms with Gasteiger partial charge in [0.15, 0.2) is 0 Å². The number of hydrogen-bond acceptors (Lipinski definition) is 2. The molecule has 66 valence electrons. The Hall–Kier alpha value is -1.71. The first kappa shape index (κ1) is 7.91. The molecule has 0 aliphatic heterocycles. The van der Waals surface area contributed by atoms with Crippen LogP contribution in [0.3, 0.4) is 0 Å². The minimum Gasteiger partial charge on any atom is -0.383 e. The van der Waals surface area contributed by atoms with Crippen molar-refractivity contribution in [3.05, 3.63) is 36.0 Å². The molecule has 0 bridgehead atoms. The van der Waals surface area contributed by atoms with Crippen LogP contribution in [0.4, 0.5) is 14.6 Å². The molecule has 1 aromatic heterocycles. The summed E-state index contributed by atoms with van der Waals surface area (Å²) in [5, 5.41) is 0.204. The molecule has 0 aliphatic rings. The van der Waals surface area contributed by atoms with Crippen LogP contribution in [0.5, 0.6) is 0 Å². The van der Waals surface area contributed by atoms with Crippen LogP contribution < -0.4 is 5.73 Å². The number of anilines is 1. The van der Waals surface area contributed by atoms with Gasteiger partial charge >= 0.3 is 0 Å². The Bertz CT molecular complexity index is 460. The van der Waals surface area contributed by atoms with Crippen molar-refractivity contribution in [3.63, 3.8) is 0 Å². The first-order valence-electron chi connectivity index (χ1n) is 3.68. The van der Waals surface area contributed by atoms with Gasteiger partial charge in [0.2, 0.25) is 0 Å². The van der Waals surface area contributed by atoms with E-state index in [1.807, 2.05) is 0 Å². The van der Waals surface area contributed by atoms with Crippen LogP contribution >= 0.6 is 0 Å². The molecule has 0 spiro atoms. The van der Waals surface area contributed by atoms with Crippen molar-refractivity contribution in [2.24, 2.45) is 0 Å². The van der Waals surface area contributed by atoms with Gasteiger partial charge in [0.05, 0.1) is 5.39 Å². The highest BCUT2D eigenvalue weighted by molar-refractivity contribution is 5.91. The number of hydrogen-bond donors (Lipinski definition) is 1. The van der Waals surface area contributed by atoms with Crippen LogP contribution in [0.15, 0.2) is 24.4 Å². The van der Waals surface area contributed by atoms with Gasteiger partial charge in [0.25, 0.3) is 0 Å². The molecule has 2 rings (SSSR count). The fourth-order valence-electron chi connectivity index (χ4n) is 1.25. The van der Waals surface area contributed by atoms with Crippen LogP contribution in [0.1, 0.15) is 0 Å². The molecule has 0 saturated heterocycles. The molecule has 1 heterocycles. The van der Waals surface area contributed by atoms with Crippen molar-refractivity contribution in [2.45, 2.75) is 0 Å². The van der Waals surface area contributed by atoms with Crippen molar-refractivity contribution < 1.29 is 8.78 Å². The van der Waals surface area contributed by atoms with Crippen LogP contribution in [-0.2, 0) is 0 Å². The molecule has 0 aliphatic carbocycles. The van der Waals surface area contributed by atoms with Gasteiger partial charge in [-0.05, 0) is 18.2 Å². The molecule has 0 amide bonds. The molecule has 2 aromatic rings. The Morgan fingerprint density at radius 1 is 1.08 bits per heavy atom. The Labute approximate surface area is 73.0 Å². The third-order valence-corrected chi connectivity index (χ3v) is 1.85. The third kappa shape index (κ3) is 1.11. The average Bonchev–Trinajstić information content (AvgIpc) is 2.12. The van der Waals surface area contributed by atoms with Crippen molar-refractivity contribution >= 4 is 16.6 Å². The average molecular weight is 180 g/mol. The number of aromatic nitrogens is 1. The molecule has 0 fully saturated rings. The van der Waals surface area contributed by atoms with Gasteiger partial charge in [-0.15, -0.1) is 0 Å². The van der Waals surface area contributed by atoms with E-state index in [-0.39, 0.29) is 16.6 Å². The van der Waals surface area contributed by atoms with Crippen LogP contribution in [0.25, 0.3) is 10.8 Å². The van der Waals surface area contributed by atoms with E-state index in [4.69, 9.17) is 5.73 Å². The normalized spacial score (nSPS) is 10.6. The zero-order chi connectivity index (χ0) is 9.42. The predicted octanol–water partition coefficient (Wildman–Crippen LogP) is 2.10. The lowest BCUT2D eigenvalue weighted by Crippen LogP contribution is -1.94. The number of fused-ring (bicyclic) bond motifs is 1. The molecular weight excluding hydrogens is 174 g/mol. The van der Waals surface area contributed by atoms with E-state index in [1.54, 1.807) is 0 Å².